The molecule has 0 N–H and O–H groups in total. The van der Waals surface area contributed by atoms with Crippen LogP contribution in [0.3, 0.4) is 0 Å². The third kappa shape index (κ3) is 4.76. The maximum Gasteiger partial charge on any atom is 0.135 e. The van der Waals surface area contributed by atoms with E-state index in [4.69, 9.17) is 9.73 Å². The zero-order valence-corrected chi connectivity index (χ0v) is 18.4. The van der Waals surface area contributed by atoms with Crippen LogP contribution in [0.15, 0.2) is 65.7 Å². The Kier molecular flexibility index (Phi) is 6.22. The quantitative estimate of drug-likeness (QED) is 0.419. The van der Waals surface area contributed by atoms with Crippen molar-refractivity contribution in [1.82, 2.24) is 0 Å². The molecule has 0 radical (unpaired) electrons. The van der Waals surface area contributed by atoms with Crippen molar-refractivity contribution in [3.05, 3.63) is 82.9 Å². The van der Waals surface area contributed by atoms with Gasteiger partial charge in [0, 0.05) is 17.3 Å². The standard InChI is InChI=1S/C27H31NO/c1-7-29-26-21(18-28-23-16-14-22(15-17-23)27(4,5)6)12-9-13-24(26)25-19(2)10-8-11-20(25)3/h8-18H,7H2,1-6H3. The van der Waals surface area contributed by atoms with E-state index < -0.39 is 0 Å². The third-order valence-electron chi connectivity index (χ3n) is 5.17. The van der Waals surface area contributed by atoms with Gasteiger partial charge in [0.05, 0.1) is 12.3 Å². The lowest BCUT2D eigenvalue weighted by Gasteiger charge is -2.18. The second-order valence-electron chi connectivity index (χ2n) is 8.48. The van der Waals surface area contributed by atoms with E-state index in [-0.39, 0.29) is 5.41 Å². The van der Waals surface area contributed by atoms with E-state index in [1.165, 1.54) is 22.3 Å². The van der Waals surface area contributed by atoms with Gasteiger partial charge in [-0.2, -0.15) is 0 Å². The number of hydrogen-bond donors (Lipinski definition) is 0. The summed E-state index contributed by atoms with van der Waals surface area (Å²) in [5, 5.41) is 0. The molecule has 3 rings (SSSR count). The summed E-state index contributed by atoms with van der Waals surface area (Å²) < 4.78 is 6.09. The summed E-state index contributed by atoms with van der Waals surface area (Å²) in [5.41, 5.74) is 8.24. The number of benzene rings is 3. The first-order valence-corrected chi connectivity index (χ1v) is 10.3. The molecule has 0 aliphatic heterocycles. The van der Waals surface area contributed by atoms with Crippen molar-refractivity contribution in [3.8, 4) is 16.9 Å². The van der Waals surface area contributed by atoms with Crippen LogP contribution in [-0.2, 0) is 5.41 Å². The van der Waals surface area contributed by atoms with E-state index in [9.17, 15) is 0 Å². The molecule has 29 heavy (non-hydrogen) atoms. The highest BCUT2D eigenvalue weighted by molar-refractivity contribution is 5.91. The highest BCUT2D eigenvalue weighted by atomic mass is 16.5. The number of nitrogens with zero attached hydrogens (tertiary/aromatic N) is 1. The maximum absolute atomic E-state index is 6.09. The van der Waals surface area contributed by atoms with Crippen LogP contribution in [0, 0.1) is 13.8 Å². The summed E-state index contributed by atoms with van der Waals surface area (Å²) >= 11 is 0. The summed E-state index contributed by atoms with van der Waals surface area (Å²) in [5.74, 6) is 0.891. The highest BCUT2D eigenvalue weighted by Crippen LogP contribution is 2.37. The van der Waals surface area contributed by atoms with Gasteiger partial charge in [-0.25, -0.2) is 0 Å². The van der Waals surface area contributed by atoms with Crippen LogP contribution in [0.5, 0.6) is 5.75 Å². The first kappa shape index (κ1) is 20.9. The number of para-hydroxylation sites is 1. The number of ether oxygens (including phenoxy) is 1. The normalized spacial score (nSPS) is 11.8. The van der Waals surface area contributed by atoms with Crippen LogP contribution < -0.4 is 4.74 Å². The Morgan fingerprint density at radius 1 is 0.862 bits per heavy atom. The van der Waals surface area contributed by atoms with Crippen molar-refractivity contribution in [2.45, 2.75) is 47.0 Å². The second-order valence-corrected chi connectivity index (χ2v) is 8.48. The molecule has 0 unspecified atom stereocenters. The molecule has 0 heterocycles. The van der Waals surface area contributed by atoms with Gasteiger partial charge < -0.3 is 4.74 Å². The van der Waals surface area contributed by atoms with Gasteiger partial charge in [0.25, 0.3) is 0 Å². The Balaban J connectivity index is 2.01. The van der Waals surface area contributed by atoms with Crippen molar-refractivity contribution in [3.63, 3.8) is 0 Å². The molecule has 2 nitrogen and oxygen atoms in total. The maximum atomic E-state index is 6.09. The first-order valence-electron chi connectivity index (χ1n) is 10.3. The summed E-state index contributed by atoms with van der Waals surface area (Å²) in [6.07, 6.45) is 1.91. The van der Waals surface area contributed by atoms with Crippen molar-refractivity contribution in [2.24, 2.45) is 4.99 Å². The highest BCUT2D eigenvalue weighted by Gasteiger charge is 2.15. The van der Waals surface area contributed by atoms with Gasteiger partial charge >= 0.3 is 0 Å². The average Bonchev–Trinajstić information content (AvgIpc) is 2.67. The summed E-state index contributed by atoms with van der Waals surface area (Å²) in [7, 11) is 0. The molecule has 0 fully saturated rings. The van der Waals surface area contributed by atoms with Gasteiger partial charge in [0.15, 0.2) is 0 Å². The summed E-state index contributed by atoms with van der Waals surface area (Å²) in [6, 6.07) is 21.1. The zero-order valence-electron chi connectivity index (χ0n) is 18.4. The Hall–Kier alpha value is -2.87. The van der Waals surface area contributed by atoms with Crippen LogP contribution in [0.2, 0.25) is 0 Å². The lowest BCUT2D eigenvalue weighted by atomic mass is 9.87. The SMILES string of the molecule is CCOc1c(C=Nc2ccc(C(C)(C)C)cc2)cccc1-c1c(C)cccc1C. The number of rotatable bonds is 5. The van der Waals surface area contributed by atoms with Crippen LogP contribution >= 0.6 is 0 Å². The number of aryl methyl sites for hydroxylation is 2. The molecule has 3 aromatic carbocycles. The minimum Gasteiger partial charge on any atom is -0.493 e. The largest absolute Gasteiger partial charge is 0.493 e. The topological polar surface area (TPSA) is 21.6 Å². The molecule has 0 aromatic heterocycles. The molecule has 0 saturated heterocycles. The van der Waals surface area contributed by atoms with E-state index in [1.807, 2.05) is 13.1 Å². The fourth-order valence-corrected chi connectivity index (χ4v) is 3.59. The van der Waals surface area contributed by atoms with E-state index >= 15 is 0 Å². The molecular weight excluding hydrogens is 354 g/mol. The van der Waals surface area contributed by atoms with Gasteiger partial charge in [-0.1, -0.05) is 63.2 Å². The molecule has 0 atom stereocenters. The van der Waals surface area contributed by atoms with Crippen molar-refractivity contribution in [2.75, 3.05) is 6.61 Å². The molecule has 0 aliphatic carbocycles. The fraction of sp³-hybridized carbons (Fsp3) is 0.296. The van der Waals surface area contributed by atoms with Gasteiger partial charge in [0.2, 0.25) is 0 Å². The van der Waals surface area contributed by atoms with E-state index in [2.05, 4.69) is 95.3 Å². The van der Waals surface area contributed by atoms with Gasteiger partial charge in [-0.3, -0.25) is 4.99 Å². The predicted octanol–water partition coefficient (Wildman–Crippen LogP) is 7.42. The third-order valence-corrected chi connectivity index (χ3v) is 5.17. The molecule has 0 amide bonds. The van der Waals surface area contributed by atoms with Gasteiger partial charge in [-0.15, -0.1) is 0 Å². The molecule has 150 valence electrons. The van der Waals surface area contributed by atoms with Crippen molar-refractivity contribution in [1.29, 1.82) is 0 Å². The van der Waals surface area contributed by atoms with E-state index in [0.717, 1.165) is 22.6 Å². The smallest absolute Gasteiger partial charge is 0.135 e. The lowest BCUT2D eigenvalue weighted by molar-refractivity contribution is 0.341. The monoisotopic (exact) mass is 385 g/mol. The fourth-order valence-electron chi connectivity index (χ4n) is 3.59. The zero-order chi connectivity index (χ0) is 21.0. The molecule has 0 aliphatic rings. The van der Waals surface area contributed by atoms with E-state index in [0.29, 0.717) is 6.61 Å². The Bertz CT molecular complexity index is 987. The Morgan fingerprint density at radius 2 is 1.48 bits per heavy atom. The first-order chi connectivity index (χ1) is 13.8. The Labute approximate surface area is 175 Å². The van der Waals surface area contributed by atoms with Crippen LogP contribution in [0.25, 0.3) is 11.1 Å². The second kappa shape index (κ2) is 8.65. The predicted molar refractivity (Wildman–Crippen MR) is 125 cm³/mol. The number of aliphatic imine (C=N–C) groups is 1. The molecular formula is C27H31NO. The van der Waals surface area contributed by atoms with Crippen LogP contribution in [-0.4, -0.2) is 12.8 Å². The van der Waals surface area contributed by atoms with Crippen LogP contribution in [0.1, 0.15) is 49.9 Å². The van der Waals surface area contributed by atoms with Gasteiger partial charge in [-0.05, 0) is 66.6 Å². The molecule has 0 saturated carbocycles. The van der Waals surface area contributed by atoms with Crippen molar-refractivity contribution < 1.29 is 4.74 Å². The minimum absolute atomic E-state index is 0.143. The minimum atomic E-state index is 0.143. The lowest BCUT2D eigenvalue weighted by Crippen LogP contribution is -2.10. The summed E-state index contributed by atoms with van der Waals surface area (Å²) in [6.45, 7) is 13.6. The van der Waals surface area contributed by atoms with Gasteiger partial charge in [0.1, 0.15) is 5.75 Å². The molecule has 3 aromatic rings. The molecule has 2 heteroatoms. The van der Waals surface area contributed by atoms with Crippen molar-refractivity contribution >= 4 is 11.9 Å². The molecule has 0 bridgehead atoms. The molecule has 0 spiro atoms. The average molecular weight is 386 g/mol. The summed E-state index contributed by atoms with van der Waals surface area (Å²) in [4.78, 5) is 4.72. The Morgan fingerprint density at radius 3 is 2.07 bits per heavy atom. The van der Waals surface area contributed by atoms with E-state index in [1.54, 1.807) is 0 Å². The number of hydrogen-bond acceptors (Lipinski definition) is 2. The van der Waals surface area contributed by atoms with Crippen LogP contribution in [0.4, 0.5) is 5.69 Å².